The Morgan fingerprint density at radius 1 is 1.17 bits per heavy atom. The molecule has 130 valence electrons. The van der Waals surface area contributed by atoms with Crippen molar-refractivity contribution in [3.05, 3.63) is 16.1 Å². The highest BCUT2D eigenvalue weighted by atomic mass is 32.1. The fraction of sp³-hybridized carbons (Fsp3) is 0.722. The summed E-state index contributed by atoms with van der Waals surface area (Å²) in [7, 11) is 0. The minimum Gasteiger partial charge on any atom is -0.395 e. The van der Waals surface area contributed by atoms with Crippen LogP contribution in [0.4, 0.5) is 0 Å². The summed E-state index contributed by atoms with van der Waals surface area (Å²) in [5, 5.41) is 21.1. The molecule has 0 saturated carbocycles. The van der Waals surface area contributed by atoms with Crippen molar-refractivity contribution in [2.24, 2.45) is 5.73 Å². The largest absolute Gasteiger partial charge is 0.395 e. The van der Waals surface area contributed by atoms with Crippen LogP contribution >= 0.6 is 11.3 Å². The second kappa shape index (κ2) is 12.5. The Hall–Kier alpha value is -0.930. The predicted octanol–water partition coefficient (Wildman–Crippen LogP) is 3.38. The molecule has 0 fully saturated rings. The molecule has 0 aromatic carbocycles. The summed E-state index contributed by atoms with van der Waals surface area (Å²) in [5.41, 5.74) is 6.27. The van der Waals surface area contributed by atoms with Crippen molar-refractivity contribution < 1.29 is 10.2 Å². The van der Waals surface area contributed by atoms with Gasteiger partial charge in [-0.05, 0) is 12.3 Å². The lowest BCUT2D eigenvalue weighted by Gasteiger charge is -2.12. The highest BCUT2D eigenvalue weighted by Gasteiger charge is 2.19. The number of unbranched alkanes of at least 4 members (excludes halogenated alkanes) is 8. The first-order valence-corrected chi connectivity index (χ1v) is 9.55. The highest BCUT2D eigenvalue weighted by molar-refractivity contribution is 7.09. The number of aliphatic hydroxyl groups is 2. The number of hydrogen-bond acceptors (Lipinski definition) is 5. The topological polar surface area (TPSA) is 79.4 Å². The number of aromatic nitrogens is 1. The van der Waals surface area contributed by atoms with Gasteiger partial charge in [0.1, 0.15) is 16.8 Å². The maximum atomic E-state index is 9.86. The quantitative estimate of drug-likeness (QED) is 0.427. The van der Waals surface area contributed by atoms with Crippen LogP contribution in [-0.4, -0.2) is 27.8 Å². The zero-order valence-electron chi connectivity index (χ0n) is 14.1. The van der Waals surface area contributed by atoms with E-state index in [9.17, 15) is 5.11 Å². The molecule has 4 nitrogen and oxygen atoms in total. The van der Waals surface area contributed by atoms with Crippen LogP contribution in [0.2, 0.25) is 0 Å². The van der Waals surface area contributed by atoms with Crippen molar-refractivity contribution in [3.63, 3.8) is 0 Å². The van der Waals surface area contributed by atoms with Gasteiger partial charge in [0.15, 0.2) is 0 Å². The summed E-state index contributed by atoms with van der Waals surface area (Å²) in [6.45, 7) is 1.98. The SMILES string of the molecule is CCCCCCCCCCC#Cc1csc(C(O)C(N)CO)n1. The molecule has 1 heterocycles. The minimum absolute atomic E-state index is 0.264. The molecule has 2 atom stereocenters. The lowest BCUT2D eigenvalue weighted by atomic mass is 10.1. The summed E-state index contributed by atoms with van der Waals surface area (Å²) in [6.07, 6.45) is 10.4. The molecular formula is C18H30N2O2S. The van der Waals surface area contributed by atoms with Crippen LogP contribution in [0, 0.1) is 11.8 Å². The van der Waals surface area contributed by atoms with E-state index >= 15 is 0 Å². The van der Waals surface area contributed by atoms with E-state index in [0.29, 0.717) is 10.7 Å². The molecule has 1 aromatic heterocycles. The lowest BCUT2D eigenvalue weighted by Crippen LogP contribution is -2.31. The molecule has 0 radical (unpaired) electrons. The number of hydrogen-bond donors (Lipinski definition) is 3. The molecule has 0 aliphatic rings. The van der Waals surface area contributed by atoms with Crippen LogP contribution in [0.1, 0.15) is 81.5 Å². The van der Waals surface area contributed by atoms with Crippen molar-refractivity contribution in [1.29, 1.82) is 0 Å². The summed E-state index contributed by atoms with van der Waals surface area (Å²) in [4.78, 5) is 4.26. The van der Waals surface area contributed by atoms with Crippen LogP contribution in [0.15, 0.2) is 5.38 Å². The fourth-order valence-electron chi connectivity index (χ4n) is 2.26. The third-order valence-corrected chi connectivity index (χ3v) is 4.68. The first-order valence-electron chi connectivity index (χ1n) is 8.67. The number of nitrogens with zero attached hydrogens (tertiary/aromatic N) is 1. The summed E-state index contributed by atoms with van der Waals surface area (Å²) >= 11 is 1.33. The van der Waals surface area contributed by atoms with Gasteiger partial charge in [0, 0.05) is 11.8 Å². The van der Waals surface area contributed by atoms with Gasteiger partial charge in [0.05, 0.1) is 12.6 Å². The zero-order valence-corrected chi connectivity index (χ0v) is 14.9. The van der Waals surface area contributed by atoms with E-state index in [-0.39, 0.29) is 6.61 Å². The Morgan fingerprint density at radius 3 is 2.48 bits per heavy atom. The normalized spacial score (nSPS) is 13.4. The number of thiazole rings is 1. The van der Waals surface area contributed by atoms with E-state index < -0.39 is 12.1 Å². The molecule has 0 bridgehead atoms. The smallest absolute Gasteiger partial charge is 0.124 e. The Kier molecular flexibility index (Phi) is 10.9. The third-order valence-electron chi connectivity index (χ3n) is 3.76. The Labute approximate surface area is 144 Å². The van der Waals surface area contributed by atoms with Crippen LogP contribution in [0.5, 0.6) is 0 Å². The third kappa shape index (κ3) is 8.47. The summed E-state index contributed by atoms with van der Waals surface area (Å²) in [5.74, 6) is 6.17. The number of rotatable bonds is 11. The van der Waals surface area contributed by atoms with Gasteiger partial charge in [-0.3, -0.25) is 0 Å². The molecule has 0 amide bonds. The molecule has 0 saturated heterocycles. The van der Waals surface area contributed by atoms with Gasteiger partial charge < -0.3 is 15.9 Å². The Balaban J connectivity index is 2.18. The molecule has 5 heteroatoms. The van der Waals surface area contributed by atoms with Crippen LogP contribution in [0.25, 0.3) is 0 Å². The van der Waals surface area contributed by atoms with E-state index in [0.717, 1.165) is 12.8 Å². The molecule has 0 aliphatic carbocycles. The van der Waals surface area contributed by atoms with Crippen molar-refractivity contribution in [2.45, 2.75) is 76.9 Å². The first kappa shape index (κ1) is 20.1. The maximum Gasteiger partial charge on any atom is 0.124 e. The van der Waals surface area contributed by atoms with Crippen molar-refractivity contribution in [1.82, 2.24) is 4.98 Å². The second-order valence-electron chi connectivity index (χ2n) is 5.89. The van der Waals surface area contributed by atoms with E-state index in [1.807, 2.05) is 5.38 Å². The monoisotopic (exact) mass is 338 g/mol. The Bertz CT molecular complexity index is 479. The highest BCUT2D eigenvalue weighted by Crippen LogP contribution is 2.20. The van der Waals surface area contributed by atoms with Crippen LogP contribution < -0.4 is 5.73 Å². The van der Waals surface area contributed by atoms with Gasteiger partial charge in [-0.15, -0.1) is 11.3 Å². The maximum absolute atomic E-state index is 9.86. The molecule has 23 heavy (non-hydrogen) atoms. The molecule has 1 rings (SSSR count). The minimum atomic E-state index is -0.923. The molecule has 4 N–H and O–H groups in total. The molecule has 0 spiro atoms. The van der Waals surface area contributed by atoms with Crippen molar-refractivity contribution >= 4 is 11.3 Å². The first-order chi connectivity index (χ1) is 11.2. The summed E-state index contributed by atoms with van der Waals surface area (Å²) < 4.78 is 0. The average molecular weight is 339 g/mol. The molecular weight excluding hydrogens is 308 g/mol. The van der Waals surface area contributed by atoms with Gasteiger partial charge >= 0.3 is 0 Å². The number of nitrogens with two attached hydrogens (primary N) is 1. The molecule has 2 unspecified atom stereocenters. The van der Waals surface area contributed by atoms with Crippen molar-refractivity contribution in [3.8, 4) is 11.8 Å². The van der Waals surface area contributed by atoms with Crippen molar-refractivity contribution in [2.75, 3.05) is 6.61 Å². The predicted molar refractivity (Wildman–Crippen MR) is 96.2 cm³/mol. The average Bonchev–Trinajstić information content (AvgIpc) is 3.04. The van der Waals surface area contributed by atoms with Gasteiger partial charge in [-0.2, -0.15) is 0 Å². The molecule has 1 aromatic rings. The van der Waals surface area contributed by atoms with Gasteiger partial charge in [0.25, 0.3) is 0 Å². The standard InChI is InChI=1S/C18H30N2O2S/c1-2-3-4-5-6-7-8-9-10-11-12-15-14-23-18(20-15)17(22)16(19)13-21/h14,16-17,21-22H,2-10,13,19H2,1H3. The Morgan fingerprint density at radius 2 is 1.83 bits per heavy atom. The second-order valence-corrected chi connectivity index (χ2v) is 6.78. The fourth-order valence-corrected chi connectivity index (χ4v) is 3.07. The lowest BCUT2D eigenvalue weighted by molar-refractivity contribution is 0.109. The number of aliphatic hydroxyl groups excluding tert-OH is 2. The van der Waals surface area contributed by atoms with E-state index in [1.165, 1.54) is 56.3 Å². The summed E-state index contributed by atoms with van der Waals surface area (Å²) in [6, 6.07) is -0.695. The van der Waals surface area contributed by atoms with Gasteiger partial charge in [0.2, 0.25) is 0 Å². The van der Waals surface area contributed by atoms with Crippen LogP contribution in [-0.2, 0) is 0 Å². The zero-order chi connectivity index (χ0) is 16.9. The van der Waals surface area contributed by atoms with Crippen LogP contribution in [0.3, 0.4) is 0 Å². The van der Waals surface area contributed by atoms with E-state index in [1.54, 1.807) is 0 Å². The molecule has 0 aliphatic heterocycles. The van der Waals surface area contributed by atoms with Gasteiger partial charge in [-0.1, -0.05) is 57.8 Å². The van der Waals surface area contributed by atoms with E-state index in [2.05, 4.69) is 23.7 Å². The van der Waals surface area contributed by atoms with Gasteiger partial charge in [-0.25, -0.2) is 4.98 Å². The van der Waals surface area contributed by atoms with E-state index in [4.69, 9.17) is 10.8 Å².